The molecular formula is C16H15ClN2O. The number of nitrogens with zero attached hydrogens (tertiary/aromatic N) is 1. The molecule has 0 aromatic heterocycles. The van der Waals surface area contributed by atoms with Gasteiger partial charge in [-0.1, -0.05) is 53.6 Å². The average Bonchev–Trinajstić information content (AvgIpc) is 2.44. The lowest BCUT2D eigenvalue weighted by atomic mass is 10.1. The second-order valence-electron chi connectivity index (χ2n) is 4.51. The highest BCUT2D eigenvalue weighted by atomic mass is 35.5. The molecule has 0 aliphatic carbocycles. The van der Waals surface area contributed by atoms with Crippen molar-refractivity contribution in [1.82, 2.24) is 5.43 Å². The van der Waals surface area contributed by atoms with Crippen LogP contribution in [0.4, 0.5) is 0 Å². The van der Waals surface area contributed by atoms with E-state index in [2.05, 4.69) is 10.5 Å². The SMILES string of the molecule is Cc1ccc(/C=N/NC(=O)Cc2ccc(Cl)cc2)cc1. The Bertz CT molecular complexity index is 603. The first-order valence-electron chi connectivity index (χ1n) is 6.26. The molecule has 0 atom stereocenters. The summed E-state index contributed by atoms with van der Waals surface area (Å²) < 4.78 is 0. The van der Waals surface area contributed by atoms with Crippen LogP contribution >= 0.6 is 11.6 Å². The van der Waals surface area contributed by atoms with Gasteiger partial charge in [-0.05, 0) is 30.2 Å². The van der Waals surface area contributed by atoms with E-state index in [1.165, 1.54) is 5.56 Å². The number of rotatable bonds is 4. The van der Waals surface area contributed by atoms with E-state index >= 15 is 0 Å². The number of nitrogens with one attached hydrogen (secondary N) is 1. The largest absolute Gasteiger partial charge is 0.273 e. The van der Waals surface area contributed by atoms with Gasteiger partial charge in [0.1, 0.15) is 0 Å². The molecule has 0 aliphatic heterocycles. The van der Waals surface area contributed by atoms with Gasteiger partial charge >= 0.3 is 0 Å². The van der Waals surface area contributed by atoms with E-state index in [1.807, 2.05) is 43.3 Å². The Kier molecular flexibility index (Phi) is 4.91. The quantitative estimate of drug-likeness (QED) is 0.680. The van der Waals surface area contributed by atoms with Gasteiger partial charge in [-0.2, -0.15) is 5.10 Å². The number of carbonyl (C=O) groups is 1. The minimum Gasteiger partial charge on any atom is -0.273 e. The van der Waals surface area contributed by atoms with Gasteiger partial charge in [0.25, 0.3) is 0 Å². The molecule has 0 aliphatic rings. The molecule has 0 bridgehead atoms. The van der Waals surface area contributed by atoms with Crippen molar-refractivity contribution in [3.8, 4) is 0 Å². The fourth-order valence-corrected chi connectivity index (χ4v) is 1.78. The molecule has 2 aromatic rings. The van der Waals surface area contributed by atoms with Gasteiger partial charge in [0.2, 0.25) is 5.91 Å². The van der Waals surface area contributed by atoms with E-state index in [-0.39, 0.29) is 12.3 Å². The summed E-state index contributed by atoms with van der Waals surface area (Å²) in [5.41, 5.74) is 5.54. The lowest BCUT2D eigenvalue weighted by Gasteiger charge is -2.00. The van der Waals surface area contributed by atoms with Crippen LogP contribution in [0.15, 0.2) is 53.6 Å². The number of hydrogen-bond donors (Lipinski definition) is 1. The average molecular weight is 287 g/mol. The van der Waals surface area contributed by atoms with Crippen LogP contribution in [0.25, 0.3) is 0 Å². The van der Waals surface area contributed by atoms with Crippen molar-refractivity contribution in [2.45, 2.75) is 13.3 Å². The molecule has 0 radical (unpaired) electrons. The summed E-state index contributed by atoms with van der Waals surface area (Å²) in [6.07, 6.45) is 1.90. The summed E-state index contributed by atoms with van der Waals surface area (Å²) in [6.45, 7) is 2.02. The Balaban J connectivity index is 1.85. The number of carbonyl (C=O) groups excluding carboxylic acids is 1. The summed E-state index contributed by atoms with van der Waals surface area (Å²) >= 11 is 5.79. The van der Waals surface area contributed by atoms with Crippen LogP contribution in [-0.2, 0) is 11.2 Å². The number of benzene rings is 2. The Morgan fingerprint density at radius 3 is 2.45 bits per heavy atom. The van der Waals surface area contributed by atoms with Crippen LogP contribution in [-0.4, -0.2) is 12.1 Å². The minimum absolute atomic E-state index is 0.157. The van der Waals surface area contributed by atoms with Gasteiger partial charge in [-0.25, -0.2) is 5.43 Å². The molecule has 0 unspecified atom stereocenters. The molecule has 102 valence electrons. The molecular weight excluding hydrogens is 272 g/mol. The number of hydrogen-bond acceptors (Lipinski definition) is 2. The van der Waals surface area contributed by atoms with Gasteiger partial charge in [0, 0.05) is 5.02 Å². The molecule has 0 saturated carbocycles. The maximum Gasteiger partial charge on any atom is 0.244 e. The van der Waals surface area contributed by atoms with E-state index in [0.717, 1.165) is 11.1 Å². The molecule has 3 nitrogen and oxygen atoms in total. The van der Waals surface area contributed by atoms with E-state index in [0.29, 0.717) is 5.02 Å². The first kappa shape index (κ1) is 14.3. The fourth-order valence-electron chi connectivity index (χ4n) is 1.66. The Morgan fingerprint density at radius 1 is 1.15 bits per heavy atom. The summed E-state index contributed by atoms with van der Waals surface area (Å²) in [6, 6.07) is 15.1. The number of amides is 1. The van der Waals surface area contributed by atoms with Crippen LogP contribution < -0.4 is 5.43 Å². The normalized spacial score (nSPS) is 10.7. The first-order valence-corrected chi connectivity index (χ1v) is 6.64. The third-order valence-corrected chi connectivity index (χ3v) is 3.01. The van der Waals surface area contributed by atoms with Crippen LogP contribution in [0.1, 0.15) is 16.7 Å². The van der Waals surface area contributed by atoms with Crippen molar-refractivity contribution in [1.29, 1.82) is 0 Å². The predicted molar refractivity (Wildman–Crippen MR) is 82.1 cm³/mol. The van der Waals surface area contributed by atoms with Crippen LogP contribution in [0.2, 0.25) is 5.02 Å². The van der Waals surface area contributed by atoms with Gasteiger partial charge in [-0.15, -0.1) is 0 Å². The van der Waals surface area contributed by atoms with Gasteiger partial charge in [0.05, 0.1) is 12.6 Å². The van der Waals surface area contributed by atoms with Crippen LogP contribution in [0.3, 0.4) is 0 Å². The summed E-state index contributed by atoms with van der Waals surface area (Å²) in [7, 11) is 0. The third kappa shape index (κ3) is 4.52. The number of aryl methyl sites for hydroxylation is 1. The maximum absolute atomic E-state index is 11.7. The zero-order chi connectivity index (χ0) is 14.4. The van der Waals surface area contributed by atoms with Crippen molar-refractivity contribution < 1.29 is 4.79 Å². The fraction of sp³-hybridized carbons (Fsp3) is 0.125. The Hall–Kier alpha value is -2.13. The maximum atomic E-state index is 11.7. The van der Waals surface area contributed by atoms with Crippen LogP contribution in [0.5, 0.6) is 0 Å². The van der Waals surface area contributed by atoms with Crippen LogP contribution in [0, 0.1) is 6.92 Å². The number of halogens is 1. The van der Waals surface area contributed by atoms with Gasteiger partial charge in [0.15, 0.2) is 0 Å². The summed E-state index contributed by atoms with van der Waals surface area (Å²) in [4.78, 5) is 11.7. The smallest absolute Gasteiger partial charge is 0.244 e. The predicted octanol–water partition coefficient (Wildman–Crippen LogP) is 3.34. The van der Waals surface area contributed by atoms with Crippen molar-refractivity contribution in [2.24, 2.45) is 5.10 Å². The van der Waals surface area contributed by atoms with Crippen molar-refractivity contribution in [2.75, 3.05) is 0 Å². The van der Waals surface area contributed by atoms with Gasteiger partial charge in [-0.3, -0.25) is 4.79 Å². The zero-order valence-electron chi connectivity index (χ0n) is 11.1. The molecule has 0 fully saturated rings. The molecule has 1 amide bonds. The highest BCUT2D eigenvalue weighted by Crippen LogP contribution is 2.09. The lowest BCUT2D eigenvalue weighted by molar-refractivity contribution is -0.120. The summed E-state index contributed by atoms with van der Waals surface area (Å²) in [5, 5.41) is 4.59. The second kappa shape index (κ2) is 6.87. The third-order valence-electron chi connectivity index (χ3n) is 2.76. The molecule has 2 aromatic carbocycles. The second-order valence-corrected chi connectivity index (χ2v) is 4.94. The van der Waals surface area contributed by atoms with Crippen molar-refractivity contribution >= 4 is 23.7 Å². The molecule has 0 heterocycles. The molecule has 20 heavy (non-hydrogen) atoms. The summed E-state index contributed by atoms with van der Waals surface area (Å²) in [5.74, 6) is -0.157. The minimum atomic E-state index is -0.157. The highest BCUT2D eigenvalue weighted by Gasteiger charge is 2.01. The van der Waals surface area contributed by atoms with Crippen molar-refractivity contribution in [3.05, 3.63) is 70.2 Å². The molecule has 4 heteroatoms. The molecule has 1 N–H and O–H groups in total. The van der Waals surface area contributed by atoms with E-state index in [4.69, 9.17) is 11.6 Å². The standard InChI is InChI=1S/C16H15ClN2O/c1-12-2-4-14(5-3-12)11-18-19-16(20)10-13-6-8-15(17)9-7-13/h2-9,11H,10H2,1H3,(H,19,20)/b18-11+. The van der Waals surface area contributed by atoms with Crippen molar-refractivity contribution in [3.63, 3.8) is 0 Å². The molecule has 2 rings (SSSR count). The van der Waals surface area contributed by atoms with E-state index in [1.54, 1.807) is 18.3 Å². The molecule has 0 saturated heterocycles. The van der Waals surface area contributed by atoms with Gasteiger partial charge < -0.3 is 0 Å². The number of hydrazone groups is 1. The molecule has 0 spiro atoms. The zero-order valence-corrected chi connectivity index (χ0v) is 11.9. The Morgan fingerprint density at radius 2 is 1.80 bits per heavy atom. The Labute approximate surface area is 123 Å². The van der Waals surface area contributed by atoms with E-state index in [9.17, 15) is 4.79 Å². The lowest BCUT2D eigenvalue weighted by Crippen LogP contribution is -2.19. The monoisotopic (exact) mass is 286 g/mol. The highest BCUT2D eigenvalue weighted by molar-refractivity contribution is 6.30. The first-order chi connectivity index (χ1) is 9.63. The topological polar surface area (TPSA) is 41.5 Å². The van der Waals surface area contributed by atoms with E-state index < -0.39 is 0 Å².